The number of ether oxygens (including phenoxy) is 1. The summed E-state index contributed by atoms with van der Waals surface area (Å²) in [5, 5.41) is 2.65. The lowest BCUT2D eigenvalue weighted by atomic mass is 10.2. The molecule has 0 radical (unpaired) electrons. The number of hydrogen-bond donors (Lipinski definition) is 1. The molecule has 1 fully saturated rings. The first-order valence-electron chi connectivity index (χ1n) is 7.98. The van der Waals surface area contributed by atoms with E-state index < -0.39 is 28.5 Å². The molecule has 0 atom stereocenters. The van der Waals surface area contributed by atoms with Gasteiger partial charge < -0.3 is 10.1 Å². The minimum Gasteiger partial charge on any atom is -0.452 e. The van der Waals surface area contributed by atoms with E-state index in [0.29, 0.717) is 13.1 Å². The Bertz CT molecular complexity index is 758. The second-order valence-corrected chi connectivity index (χ2v) is 8.40. The van der Waals surface area contributed by atoms with Gasteiger partial charge in [-0.3, -0.25) is 4.79 Å². The predicted octanol–water partition coefficient (Wildman–Crippen LogP) is 1.81. The fraction of sp³-hybridized carbons (Fsp3) is 0.500. The molecule has 1 saturated heterocycles. The van der Waals surface area contributed by atoms with Crippen molar-refractivity contribution in [2.75, 3.05) is 19.7 Å². The molecule has 25 heavy (non-hydrogen) atoms. The van der Waals surface area contributed by atoms with E-state index in [0.717, 1.165) is 12.8 Å². The van der Waals surface area contributed by atoms with Gasteiger partial charge in [-0.2, -0.15) is 4.31 Å². The number of nitrogens with one attached hydrogen (secondary N) is 1. The molecule has 0 bridgehead atoms. The van der Waals surface area contributed by atoms with Crippen molar-refractivity contribution in [3.8, 4) is 0 Å². The summed E-state index contributed by atoms with van der Waals surface area (Å²) in [7, 11) is -3.67. The molecule has 1 heterocycles. The lowest BCUT2D eigenvalue weighted by molar-refractivity contribution is -0.124. The maximum Gasteiger partial charge on any atom is 0.340 e. The highest BCUT2D eigenvalue weighted by Gasteiger charge is 2.28. The Morgan fingerprint density at radius 3 is 2.52 bits per heavy atom. The van der Waals surface area contributed by atoms with Crippen LogP contribution in [-0.2, 0) is 19.6 Å². The summed E-state index contributed by atoms with van der Waals surface area (Å²) in [6.45, 7) is 4.02. The van der Waals surface area contributed by atoms with Gasteiger partial charge in [-0.05, 0) is 44.9 Å². The molecule has 138 valence electrons. The number of carbonyl (C=O) groups excluding carboxylic acids is 2. The topological polar surface area (TPSA) is 92.8 Å². The Balaban J connectivity index is 2.15. The van der Waals surface area contributed by atoms with Crippen LogP contribution < -0.4 is 5.32 Å². The number of rotatable bonds is 6. The van der Waals surface area contributed by atoms with Gasteiger partial charge in [0.15, 0.2) is 6.61 Å². The number of esters is 1. The summed E-state index contributed by atoms with van der Waals surface area (Å²) in [5.41, 5.74) is -0.0840. The van der Waals surface area contributed by atoms with Crippen LogP contribution in [0.25, 0.3) is 0 Å². The van der Waals surface area contributed by atoms with Crippen molar-refractivity contribution in [3.05, 3.63) is 28.8 Å². The van der Waals surface area contributed by atoms with Crippen molar-refractivity contribution in [1.29, 1.82) is 0 Å². The third kappa shape index (κ3) is 4.93. The molecule has 0 spiro atoms. The van der Waals surface area contributed by atoms with E-state index in [2.05, 4.69) is 5.32 Å². The number of carbonyl (C=O) groups is 2. The van der Waals surface area contributed by atoms with E-state index in [1.165, 1.54) is 22.5 Å². The van der Waals surface area contributed by atoms with Crippen LogP contribution >= 0.6 is 11.6 Å². The summed E-state index contributed by atoms with van der Waals surface area (Å²) < 4.78 is 31.4. The van der Waals surface area contributed by atoms with Crippen LogP contribution in [0.15, 0.2) is 23.1 Å². The second-order valence-electron chi connectivity index (χ2n) is 6.05. The molecule has 7 nitrogen and oxygen atoms in total. The van der Waals surface area contributed by atoms with E-state index >= 15 is 0 Å². The maximum absolute atomic E-state index is 12.6. The van der Waals surface area contributed by atoms with Gasteiger partial charge in [0.05, 0.1) is 15.5 Å². The third-order valence-electron chi connectivity index (χ3n) is 3.64. The van der Waals surface area contributed by atoms with Crippen molar-refractivity contribution < 1.29 is 22.7 Å². The van der Waals surface area contributed by atoms with E-state index in [4.69, 9.17) is 16.3 Å². The molecule has 1 aromatic carbocycles. The van der Waals surface area contributed by atoms with E-state index in [9.17, 15) is 18.0 Å². The molecule has 1 N–H and O–H groups in total. The van der Waals surface area contributed by atoms with Gasteiger partial charge in [-0.1, -0.05) is 11.6 Å². The summed E-state index contributed by atoms with van der Waals surface area (Å²) in [6, 6.07) is 3.82. The lowest BCUT2D eigenvalue weighted by Gasteiger charge is -2.16. The standard InChI is InChI=1S/C16H21ClN2O5S/c1-11(2)18-15(20)10-24-16(21)13-9-12(5-6-14(13)17)25(22,23)19-7-3-4-8-19/h5-6,9,11H,3-4,7-8,10H2,1-2H3,(H,18,20). The molecule has 9 heteroatoms. The molecule has 1 amide bonds. The molecular weight excluding hydrogens is 368 g/mol. The quantitative estimate of drug-likeness (QED) is 0.750. The van der Waals surface area contributed by atoms with Crippen molar-refractivity contribution in [1.82, 2.24) is 9.62 Å². The smallest absolute Gasteiger partial charge is 0.340 e. The minimum absolute atomic E-state index is 0.0163. The first-order chi connectivity index (χ1) is 11.7. The highest BCUT2D eigenvalue weighted by molar-refractivity contribution is 7.89. The molecule has 2 rings (SSSR count). The van der Waals surface area contributed by atoms with Crippen LogP contribution in [0.4, 0.5) is 0 Å². The van der Waals surface area contributed by atoms with Gasteiger partial charge in [0, 0.05) is 19.1 Å². The fourth-order valence-electron chi connectivity index (χ4n) is 2.47. The molecule has 1 aromatic rings. The van der Waals surface area contributed by atoms with Gasteiger partial charge >= 0.3 is 5.97 Å². The molecular formula is C16H21ClN2O5S. The van der Waals surface area contributed by atoms with Gasteiger partial charge in [0.25, 0.3) is 5.91 Å². The highest BCUT2D eigenvalue weighted by atomic mass is 35.5. The number of benzene rings is 1. The van der Waals surface area contributed by atoms with Crippen LogP contribution in [0, 0.1) is 0 Å². The normalized spacial score (nSPS) is 15.4. The highest BCUT2D eigenvalue weighted by Crippen LogP contribution is 2.25. The van der Waals surface area contributed by atoms with Gasteiger partial charge in [-0.25, -0.2) is 13.2 Å². The zero-order valence-corrected chi connectivity index (χ0v) is 15.7. The summed E-state index contributed by atoms with van der Waals surface area (Å²) in [6.07, 6.45) is 1.62. The van der Waals surface area contributed by atoms with Crippen LogP contribution in [0.3, 0.4) is 0 Å². The summed E-state index contributed by atoms with van der Waals surface area (Å²) >= 11 is 5.99. The average Bonchev–Trinajstić information content (AvgIpc) is 3.07. The Morgan fingerprint density at radius 2 is 1.92 bits per heavy atom. The van der Waals surface area contributed by atoms with E-state index in [1.54, 1.807) is 13.8 Å². The van der Waals surface area contributed by atoms with Crippen LogP contribution in [-0.4, -0.2) is 50.3 Å². The Kier molecular flexibility index (Phi) is 6.42. The average molecular weight is 389 g/mol. The zero-order chi connectivity index (χ0) is 18.6. The summed E-state index contributed by atoms with van der Waals surface area (Å²) in [4.78, 5) is 23.7. The monoisotopic (exact) mass is 388 g/mol. The first kappa shape index (κ1) is 19.7. The van der Waals surface area contributed by atoms with Gasteiger partial charge in [-0.15, -0.1) is 0 Å². The zero-order valence-electron chi connectivity index (χ0n) is 14.1. The van der Waals surface area contributed by atoms with Crippen LogP contribution in [0.5, 0.6) is 0 Å². The predicted molar refractivity (Wildman–Crippen MR) is 93.0 cm³/mol. The Hall–Kier alpha value is -1.64. The number of nitrogens with zero attached hydrogens (tertiary/aromatic N) is 1. The molecule has 1 aliphatic heterocycles. The van der Waals surface area contributed by atoms with E-state index in [1.807, 2.05) is 0 Å². The number of halogens is 1. The maximum atomic E-state index is 12.6. The molecule has 1 aliphatic rings. The molecule has 0 saturated carbocycles. The van der Waals surface area contributed by atoms with Gasteiger partial charge in [0.2, 0.25) is 10.0 Å². The molecule has 0 unspecified atom stereocenters. The SMILES string of the molecule is CC(C)NC(=O)COC(=O)c1cc(S(=O)(=O)N2CCCC2)ccc1Cl. The Labute approximate surface area is 152 Å². The largest absolute Gasteiger partial charge is 0.452 e. The van der Waals surface area contributed by atoms with E-state index in [-0.39, 0.29) is 21.5 Å². The second kappa shape index (κ2) is 8.16. The first-order valence-corrected chi connectivity index (χ1v) is 9.80. The Morgan fingerprint density at radius 1 is 1.28 bits per heavy atom. The molecule has 0 aliphatic carbocycles. The van der Waals surface area contributed by atoms with Crippen LogP contribution in [0.2, 0.25) is 5.02 Å². The van der Waals surface area contributed by atoms with Gasteiger partial charge in [0.1, 0.15) is 0 Å². The van der Waals surface area contributed by atoms with Crippen LogP contribution in [0.1, 0.15) is 37.0 Å². The van der Waals surface area contributed by atoms with Crippen molar-refractivity contribution >= 4 is 33.5 Å². The third-order valence-corrected chi connectivity index (χ3v) is 5.87. The van der Waals surface area contributed by atoms with Crippen molar-refractivity contribution in [3.63, 3.8) is 0 Å². The number of amides is 1. The lowest BCUT2D eigenvalue weighted by Crippen LogP contribution is -2.34. The number of hydrogen-bond acceptors (Lipinski definition) is 5. The fourth-order valence-corrected chi connectivity index (χ4v) is 4.21. The minimum atomic E-state index is -3.67. The number of sulfonamides is 1. The summed E-state index contributed by atoms with van der Waals surface area (Å²) in [5.74, 6) is -1.29. The van der Waals surface area contributed by atoms with Crippen molar-refractivity contribution in [2.45, 2.75) is 37.6 Å². The molecule has 0 aromatic heterocycles. The van der Waals surface area contributed by atoms with Crippen molar-refractivity contribution in [2.24, 2.45) is 0 Å².